The van der Waals surface area contributed by atoms with Gasteiger partial charge in [0.05, 0.1) is 12.5 Å². The highest BCUT2D eigenvalue weighted by Crippen LogP contribution is 2.17. The summed E-state index contributed by atoms with van der Waals surface area (Å²) in [6.45, 7) is 5.13. The Morgan fingerprint density at radius 1 is 1.48 bits per heavy atom. The number of carbonyl (C=O) groups excluding carboxylic acids is 1. The first-order chi connectivity index (χ1) is 11.0. The van der Waals surface area contributed by atoms with Crippen LogP contribution in [-0.4, -0.2) is 47.7 Å². The molecule has 6 heteroatoms. The van der Waals surface area contributed by atoms with Crippen LogP contribution < -0.4 is 10.1 Å². The van der Waals surface area contributed by atoms with Crippen molar-refractivity contribution in [2.45, 2.75) is 32.8 Å². The van der Waals surface area contributed by atoms with Crippen LogP contribution in [0.1, 0.15) is 25.3 Å². The topological polar surface area (TPSA) is 78.9 Å². The monoisotopic (exact) mass is 320 g/mol. The second-order valence-corrected chi connectivity index (χ2v) is 6.05. The Bertz CT molecular complexity index is 561. The van der Waals surface area contributed by atoms with Gasteiger partial charge in [-0.3, -0.25) is 4.79 Å². The molecule has 1 aliphatic rings. The predicted octanol–water partition coefficient (Wildman–Crippen LogP) is 2.27. The molecule has 0 saturated carbocycles. The van der Waals surface area contributed by atoms with Crippen LogP contribution in [0.3, 0.4) is 0 Å². The van der Waals surface area contributed by atoms with Gasteiger partial charge in [0, 0.05) is 13.1 Å². The van der Waals surface area contributed by atoms with E-state index in [1.807, 2.05) is 38.1 Å². The van der Waals surface area contributed by atoms with Gasteiger partial charge in [0.2, 0.25) is 0 Å². The Morgan fingerprint density at radius 2 is 2.26 bits per heavy atom. The number of hydrogen-bond acceptors (Lipinski definition) is 3. The molecule has 1 aromatic rings. The Hall–Kier alpha value is -2.24. The third-order valence-corrected chi connectivity index (χ3v) is 3.93. The van der Waals surface area contributed by atoms with Gasteiger partial charge in [-0.15, -0.1) is 0 Å². The Morgan fingerprint density at radius 3 is 2.96 bits per heavy atom. The van der Waals surface area contributed by atoms with Crippen LogP contribution >= 0.6 is 0 Å². The third-order valence-electron chi connectivity index (χ3n) is 3.93. The first-order valence-corrected chi connectivity index (χ1v) is 7.94. The van der Waals surface area contributed by atoms with Gasteiger partial charge in [-0.05, 0) is 44.4 Å². The van der Waals surface area contributed by atoms with E-state index in [-0.39, 0.29) is 18.7 Å². The van der Waals surface area contributed by atoms with Crippen molar-refractivity contribution in [1.82, 2.24) is 10.2 Å². The number of benzene rings is 1. The number of ether oxygens (including phenoxy) is 1. The largest absolute Gasteiger partial charge is 0.489 e. The van der Waals surface area contributed by atoms with Gasteiger partial charge >= 0.3 is 12.0 Å². The van der Waals surface area contributed by atoms with Crippen molar-refractivity contribution in [3.63, 3.8) is 0 Å². The molecule has 0 aliphatic carbocycles. The van der Waals surface area contributed by atoms with Crippen LogP contribution in [0.2, 0.25) is 0 Å². The standard InChI is InChI=1S/C17H24N2O4/c1-12-5-3-7-15(9-12)23-13(2)10-18-17(22)19-8-4-6-14(11-19)16(20)21/h3,5,7,9,13-14H,4,6,8,10-11H2,1-2H3,(H,18,22)(H,20,21). The lowest BCUT2D eigenvalue weighted by Crippen LogP contribution is -2.48. The van der Waals surface area contributed by atoms with Gasteiger partial charge in [0.1, 0.15) is 11.9 Å². The molecule has 6 nitrogen and oxygen atoms in total. The van der Waals surface area contributed by atoms with Crippen molar-refractivity contribution < 1.29 is 19.4 Å². The summed E-state index contributed by atoms with van der Waals surface area (Å²) in [7, 11) is 0. The lowest BCUT2D eigenvalue weighted by Gasteiger charge is -2.31. The second kappa shape index (κ2) is 7.85. The number of aryl methyl sites for hydroxylation is 1. The minimum absolute atomic E-state index is 0.166. The summed E-state index contributed by atoms with van der Waals surface area (Å²) in [4.78, 5) is 24.8. The van der Waals surface area contributed by atoms with E-state index in [0.717, 1.165) is 17.7 Å². The van der Waals surface area contributed by atoms with Crippen LogP contribution in [0, 0.1) is 12.8 Å². The van der Waals surface area contributed by atoms with Crippen molar-refractivity contribution in [3.8, 4) is 5.75 Å². The minimum Gasteiger partial charge on any atom is -0.489 e. The van der Waals surface area contributed by atoms with Crippen LogP contribution in [0.25, 0.3) is 0 Å². The zero-order valence-corrected chi connectivity index (χ0v) is 13.6. The van der Waals surface area contributed by atoms with Crippen molar-refractivity contribution in [2.75, 3.05) is 19.6 Å². The molecule has 2 rings (SSSR count). The Labute approximate surface area is 136 Å². The van der Waals surface area contributed by atoms with Gasteiger partial charge in [-0.25, -0.2) is 4.79 Å². The van der Waals surface area contributed by atoms with E-state index in [0.29, 0.717) is 19.5 Å². The summed E-state index contributed by atoms with van der Waals surface area (Å²) in [6, 6.07) is 7.52. The minimum atomic E-state index is -0.835. The van der Waals surface area contributed by atoms with E-state index in [2.05, 4.69) is 5.32 Å². The molecule has 0 aromatic heterocycles. The van der Waals surface area contributed by atoms with Crippen LogP contribution in [-0.2, 0) is 4.79 Å². The number of piperidine rings is 1. The zero-order chi connectivity index (χ0) is 16.8. The molecular formula is C17H24N2O4. The molecule has 1 saturated heterocycles. The fourth-order valence-corrected chi connectivity index (χ4v) is 2.67. The van der Waals surface area contributed by atoms with E-state index < -0.39 is 11.9 Å². The molecule has 2 amide bonds. The average molecular weight is 320 g/mol. The van der Waals surface area contributed by atoms with Gasteiger partial charge in [0.15, 0.2) is 0 Å². The van der Waals surface area contributed by atoms with Crippen LogP contribution in [0.4, 0.5) is 4.79 Å². The summed E-state index contributed by atoms with van der Waals surface area (Å²) < 4.78 is 5.76. The van der Waals surface area contributed by atoms with Crippen molar-refractivity contribution >= 4 is 12.0 Å². The predicted molar refractivity (Wildman–Crippen MR) is 86.6 cm³/mol. The van der Waals surface area contributed by atoms with Crippen molar-refractivity contribution in [1.29, 1.82) is 0 Å². The summed E-state index contributed by atoms with van der Waals surface area (Å²) in [5, 5.41) is 11.9. The highest BCUT2D eigenvalue weighted by molar-refractivity contribution is 5.76. The number of rotatable bonds is 5. The average Bonchev–Trinajstić information content (AvgIpc) is 2.52. The molecule has 126 valence electrons. The quantitative estimate of drug-likeness (QED) is 0.872. The highest BCUT2D eigenvalue weighted by Gasteiger charge is 2.28. The maximum absolute atomic E-state index is 12.1. The smallest absolute Gasteiger partial charge is 0.317 e. The van der Waals surface area contributed by atoms with E-state index >= 15 is 0 Å². The molecule has 0 radical (unpaired) electrons. The molecule has 0 bridgehead atoms. The molecule has 0 spiro atoms. The number of hydrogen-bond donors (Lipinski definition) is 2. The number of urea groups is 1. The van der Waals surface area contributed by atoms with Gasteiger partial charge in [0.25, 0.3) is 0 Å². The molecule has 1 aliphatic heterocycles. The number of nitrogens with zero attached hydrogens (tertiary/aromatic N) is 1. The molecule has 1 fully saturated rings. The Kier molecular flexibility index (Phi) is 5.84. The van der Waals surface area contributed by atoms with Gasteiger partial charge in [-0.2, -0.15) is 0 Å². The number of carbonyl (C=O) groups is 2. The zero-order valence-electron chi connectivity index (χ0n) is 13.6. The SMILES string of the molecule is Cc1cccc(OC(C)CNC(=O)N2CCCC(C(=O)O)C2)c1. The normalized spacial score (nSPS) is 19.0. The fraction of sp³-hybridized carbons (Fsp3) is 0.529. The molecular weight excluding hydrogens is 296 g/mol. The van der Waals surface area contributed by atoms with Crippen molar-refractivity contribution in [3.05, 3.63) is 29.8 Å². The van der Waals surface area contributed by atoms with Crippen LogP contribution in [0.5, 0.6) is 5.75 Å². The molecule has 1 aromatic carbocycles. The molecule has 23 heavy (non-hydrogen) atoms. The van der Waals surface area contributed by atoms with Crippen LogP contribution in [0.15, 0.2) is 24.3 Å². The summed E-state index contributed by atoms with van der Waals surface area (Å²) in [5.41, 5.74) is 1.12. The van der Waals surface area contributed by atoms with E-state index in [4.69, 9.17) is 9.84 Å². The molecule has 2 N–H and O–H groups in total. The number of amides is 2. The van der Waals surface area contributed by atoms with Crippen molar-refractivity contribution in [2.24, 2.45) is 5.92 Å². The van der Waals surface area contributed by atoms with Gasteiger partial charge in [-0.1, -0.05) is 12.1 Å². The lowest BCUT2D eigenvalue weighted by atomic mass is 9.99. The number of carboxylic acid groups (broad SMARTS) is 1. The Balaban J connectivity index is 1.78. The summed E-state index contributed by atoms with van der Waals surface area (Å²) in [6.07, 6.45) is 1.19. The number of likely N-dealkylation sites (tertiary alicyclic amines) is 1. The highest BCUT2D eigenvalue weighted by atomic mass is 16.5. The number of nitrogens with one attached hydrogen (secondary N) is 1. The molecule has 1 heterocycles. The summed E-state index contributed by atoms with van der Waals surface area (Å²) in [5.74, 6) is -0.523. The molecule has 2 unspecified atom stereocenters. The first kappa shape index (κ1) is 17.1. The number of carboxylic acids is 1. The first-order valence-electron chi connectivity index (χ1n) is 7.94. The van der Waals surface area contributed by atoms with E-state index in [1.54, 1.807) is 4.90 Å². The maximum Gasteiger partial charge on any atom is 0.317 e. The molecule has 2 atom stereocenters. The van der Waals surface area contributed by atoms with E-state index in [9.17, 15) is 9.59 Å². The summed E-state index contributed by atoms with van der Waals surface area (Å²) >= 11 is 0. The maximum atomic E-state index is 12.1. The number of aliphatic carboxylic acids is 1. The fourth-order valence-electron chi connectivity index (χ4n) is 2.67. The second-order valence-electron chi connectivity index (χ2n) is 6.05. The van der Waals surface area contributed by atoms with E-state index in [1.165, 1.54) is 0 Å². The third kappa shape index (κ3) is 5.16. The lowest BCUT2D eigenvalue weighted by molar-refractivity contribution is -0.143. The van der Waals surface area contributed by atoms with Gasteiger partial charge < -0.3 is 20.1 Å².